The second-order valence-corrected chi connectivity index (χ2v) is 8.37. The molecular weight excluding hydrogens is 360 g/mol. The zero-order valence-corrected chi connectivity index (χ0v) is 16.5. The van der Waals surface area contributed by atoms with Crippen molar-refractivity contribution in [3.8, 4) is 5.69 Å². The number of rotatable bonds is 7. The molecule has 0 radical (unpaired) electrons. The molecule has 0 aliphatic carbocycles. The van der Waals surface area contributed by atoms with Gasteiger partial charge in [0.1, 0.15) is 12.7 Å². The number of hydrogen-bond donors (Lipinski definition) is 1. The van der Waals surface area contributed by atoms with E-state index in [0.717, 1.165) is 23.2 Å². The Morgan fingerprint density at radius 3 is 2.19 bits per heavy atom. The summed E-state index contributed by atoms with van der Waals surface area (Å²) in [7, 11) is -3.59. The van der Waals surface area contributed by atoms with E-state index in [9.17, 15) is 8.42 Å². The Hall–Kier alpha value is -2.51. The topological polar surface area (TPSA) is 76.9 Å². The first-order valence-electron chi connectivity index (χ1n) is 8.98. The molecule has 3 rings (SSSR count). The van der Waals surface area contributed by atoms with Crippen LogP contribution in [0.4, 0.5) is 0 Å². The van der Waals surface area contributed by atoms with Gasteiger partial charge in [0.05, 0.1) is 10.6 Å². The highest BCUT2D eigenvalue weighted by molar-refractivity contribution is 7.89. The second-order valence-electron chi connectivity index (χ2n) is 6.65. The summed E-state index contributed by atoms with van der Waals surface area (Å²) in [5.74, 6) is 0.414. The first-order chi connectivity index (χ1) is 12.9. The fourth-order valence-corrected chi connectivity index (χ4v) is 4.07. The van der Waals surface area contributed by atoms with Gasteiger partial charge in [0.25, 0.3) is 0 Å². The summed E-state index contributed by atoms with van der Waals surface area (Å²) >= 11 is 0. The van der Waals surface area contributed by atoms with Crippen molar-refractivity contribution in [2.24, 2.45) is 0 Å². The molecule has 0 amide bonds. The molecule has 1 aromatic heterocycles. The van der Waals surface area contributed by atoms with Crippen molar-refractivity contribution in [1.29, 1.82) is 0 Å². The predicted octanol–water partition coefficient (Wildman–Crippen LogP) is 3.82. The molecule has 6 nitrogen and oxygen atoms in total. The maximum atomic E-state index is 12.7. The maximum Gasteiger partial charge on any atom is 0.241 e. The van der Waals surface area contributed by atoms with Crippen LogP contribution in [0.1, 0.15) is 50.3 Å². The van der Waals surface area contributed by atoms with Gasteiger partial charge in [0.15, 0.2) is 0 Å². The number of nitrogens with zero attached hydrogens (tertiary/aromatic N) is 3. The molecule has 7 heteroatoms. The van der Waals surface area contributed by atoms with E-state index < -0.39 is 10.0 Å². The molecule has 142 valence electrons. The van der Waals surface area contributed by atoms with Crippen LogP contribution in [0.3, 0.4) is 0 Å². The maximum absolute atomic E-state index is 12.7. The van der Waals surface area contributed by atoms with Crippen LogP contribution in [0.15, 0.2) is 66.1 Å². The molecule has 0 saturated heterocycles. The Balaban J connectivity index is 1.73. The molecule has 1 heterocycles. The van der Waals surface area contributed by atoms with Gasteiger partial charge in [-0.05, 0) is 54.7 Å². The van der Waals surface area contributed by atoms with Gasteiger partial charge in [0, 0.05) is 6.04 Å². The number of aromatic nitrogens is 3. The minimum absolute atomic E-state index is 0.278. The van der Waals surface area contributed by atoms with Crippen LogP contribution in [-0.4, -0.2) is 23.2 Å². The average Bonchev–Trinajstić information content (AvgIpc) is 3.22. The van der Waals surface area contributed by atoms with E-state index in [4.69, 9.17) is 0 Å². The SMILES string of the molecule is CCC(C)c1ccc(S(=O)(=O)NC(C)c2ccc(-n3cncn3)cc2)cc1. The molecule has 2 atom stereocenters. The Bertz CT molecular complexity index is 966. The lowest BCUT2D eigenvalue weighted by Crippen LogP contribution is -2.26. The van der Waals surface area contributed by atoms with Crippen LogP contribution in [0, 0.1) is 0 Å². The summed E-state index contributed by atoms with van der Waals surface area (Å²) in [6, 6.07) is 14.3. The van der Waals surface area contributed by atoms with Gasteiger partial charge in [-0.25, -0.2) is 22.8 Å². The summed E-state index contributed by atoms with van der Waals surface area (Å²) < 4.78 is 29.8. The molecule has 0 saturated carbocycles. The summed E-state index contributed by atoms with van der Waals surface area (Å²) in [5.41, 5.74) is 2.89. The third kappa shape index (κ3) is 4.43. The second kappa shape index (κ2) is 8.02. The molecule has 0 fully saturated rings. The first kappa shape index (κ1) is 19.3. The van der Waals surface area contributed by atoms with Gasteiger partial charge >= 0.3 is 0 Å². The van der Waals surface area contributed by atoms with Crippen LogP contribution in [0.2, 0.25) is 0 Å². The van der Waals surface area contributed by atoms with E-state index in [1.165, 1.54) is 6.33 Å². The fourth-order valence-electron chi connectivity index (χ4n) is 2.84. The number of benzene rings is 2. The Kier molecular flexibility index (Phi) is 5.72. The lowest BCUT2D eigenvalue weighted by atomic mass is 9.99. The lowest BCUT2D eigenvalue weighted by molar-refractivity contribution is 0.567. The molecule has 3 aromatic rings. The van der Waals surface area contributed by atoms with E-state index in [0.29, 0.717) is 5.92 Å². The van der Waals surface area contributed by atoms with Crippen molar-refractivity contribution in [2.75, 3.05) is 0 Å². The third-order valence-electron chi connectivity index (χ3n) is 4.78. The van der Waals surface area contributed by atoms with Crippen molar-refractivity contribution >= 4 is 10.0 Å². The quantitative estimate of drug-likeness (QED) is 0.672. The first-order valence-corrected chi connectivity index (χ1v) is 10.5. The summed E-state index contributed by atoms with van der Waals surface area (Å²) in [4.78, 5) is 4.20. The Morgan fingerprint density at radius 2 is 1.63 bits per heavy atom. The van der Waals surface area contributed by atoms with E-state index in [1.54, 1.807) is 23.1 Å². The van der Waals surface area contributed by atoms with Gasteiger partial charge in [-0.2, -0.15) is 5.10 Å². The van der Waals surface area contributed by atoms with Crippen molar-refractivity contribution in [2.45, 2.75) is 44.0 Å². The third-order valence-corrected chi connectivity index (χ3v) is 6.34. The normalized spacial score (nSPS) is 14.0. The lowest BCUT2D eigenvalue weighted by Gasteiger charge is -2.16. The minimum Gasteiger partial charge on any atom is -0.223 e. The van der Waals surface area contributed by atoms with Crippen molar-refractivity contribution < 1.29 is 8.42 Å². The molecule has 0 aliphatic rings. The molecule has 2 unspecified atom stereocenters. The van der Waals surface area contributed by atoms with Gasteiger partial charge in [0.2, 0.25) is 10.0 Å². The van der Waals surface area contributed by atoms with Gasteiger partial charge < -0.3 is 0 Å². The molecule has 1 N–H and O–H groups in total. The van der Waals surface area contributed by atoms with Gasteiger partial charge in [-0.15, -0.1) is 0 Å². The predicted molar refractivity (Wildman–Crippen MR) is 105 cm³/mol. The van der Waals surface area contributed by atoms with Crippen LogP contribution in [0.25, 0.3) is 5.69 Å². The number of nitrogens with one attached hydrogen (secondary N) is 1. The van der Waals surface area contributed by atoms with E-state index in [2.05, 4.69) is 28.7 Å². The molecule has 0 bridgehead atoms. The minimum atomic E-state index is -3.59. The van der Waals surface area contributed by atoms with Crippen LogP contribution in [-0.2, 0) is 10.0 Å². The Morgan fingerprint density at radius 1 is 1.00 bits per heavy atom. The standard InChI is InChI=1S/C20H24N4O2S/c1-4-15(2)17-7-11-20(12-8-17)27(25,26)23-16(3)18-5-9-19(10-6-18)24-14-21-13-22-24/h5-16,23H,4H2,1-3H3. The van der Waals surface area contributed by atoms with Gasteiger partial charge in [-0.1, -0.05) is 38.1 Å². The molecular formula is C20H24N4O2S. The zero-order chi connectivity index (χ0) is 19.4. The van der Waals surface area contributed by atoms with Gasteiger partial charge in [-0.3, -0.25) is 0 Å². The highest BCUT2D eigenvalue weighted by Gasteiger charge is 2.19. The monoisotopic (exact) mass is 384 g/mol. The molecule has 0 spiro atoms. The van der Waals surface area contributed by atoms with Crippen LogP contribution < -0.4 is 4.72 Å². The fraction of sp³-hybridized carbons (Fsp3) is 0.300. The van der Waals surface area contributed by atoms with Crippen molar-refractivity contribution in [3.63, 3.8) is 0 Å². The molecule has 2 aromatic carbocycles. The number of hydrogen-bond acceptors (Lipinski definition) is 4. The molecule has 0 aliphatic heterocycles. The largest absolute Gasteiger partial charge is 0.241 e. The molecule has 27 heavy (non-hydrogen) atoms. The van der Waals surface area contributed by atoms with E-state index in [-0.39, 0.29) is 10.9 Å². The van der Waals surface area contributed by atoms with Crippen LogP contribution >= 0.6 is 0 Å². The highest BCUT2D eigenvalue weighted by atomic mass is 32.2. The zero-order valence-electron chi connectivity index (χ0n) is 15.7. The highest BCUT2D eigenvalue weighted by Crippen LogP contribution is 2.22. The summed E-state index contributed by atoms with van der Waals surface area (Å²) in [6.07, 6.45) is 4.10. The van der Waals surface area contributed by atoms with Crippen LogP contribution in [0.5, 0.6) is 0 Å². The summed E-state index contributed by atoms with van der Waals surface area (Å²) in [5, 5.41) is 4.08. The van der Waals surface area contributed by atoms with Crippen molar-refractivity contribution in [1.82, 2.24) is 19.5 Å². The Labute approximate surface area is 160 Å². The van der Waals surface area contributed by atoms with Crippen molar-refractivity contribution in [3.05, 3.63) is 72.3 Å². The number of sulfonamides is 1. The van der Waals surface area contributed by atoms with E-state index >= 15 is 0 Å². The van der Waals surface area contributed by atoms with E-state index in [1.807, 2.05) is 43.3 Å². The summed E-state index contributed by atoms with van der Waals surface area (Å²) in [6.45, 7) is 6.08. The smallest absolute Gasteiger partial charge is 0.223 e. The average molecular weight is 385 g/mol.